The minimum Gasteiger partial charge on any atom is -0.392 e. The van der Waals surface area contributed by atoms with Crippen molar-refractivity contribution in [3.05, 3.63) is 95.9 Å². The molecular weight excluding hydrogens is 384 g/mol. The zero-order valence-corrected chi connectivity index (χ0v) is 17.4. The first-order valence-corrected chi connectivity index (χ1v) is 10.8. The summed E-state index contributed by atoms with van der Waals surface area (Å²) in [4.78, 5) is 6.48. The van der Waals surface area contributed by atoms with Crippen molar-refractivity contribution in [2.75, 3.05) is 19.6 Å². The fourth-order valence-corrected chi connectivity index (χ4v) is 4.26. The fourth-order valence-electron chi connectivity index (χ4n) is 4.26. The van der Waals surface area contributed by atoms with Crippen molar-refractivity contribution in [1.82, 2.24) is 19.7 Å². The summed E-state index contributed by atoms with van der Waals surface area (Å²) < 4.78 is 2.07. The molecular formula is C26H26N4O. The van der Waals surface area contributed by atoms with Crippen LogP contribution in [0.25, 0.3) is 22.6 Å². The topological polar surface area (TPSA) is 54.2 Å². The summed E-state index contributed by atoms with van der Waals surface area (Å²) in [7, 11) is 0. The van der Waals surface area contributed by atoms with Crippen LogP contribution in [0.3, 0.4) is 0 Å². The summed E-state index contributed by atoms with van der Waals surface area (Å²) in [6.45, 7) is 3.46. The SMILES string of the molecule is OC1CCN(CCn2ncc3cc(C(=Cc4ccccc4)c4ccncc4)ccc32)C1. The predicted octanol–water partition coefficient (Wildman–Crippen LogP) is 4.09. The molecule has 1 aliphatic heterocycles. The van der Waals surface area contributed by atoms with Gasteiger partial charge in [0.1, 0.15) is 0 Å². The molecule has 1 unspecified atom stereocenters. The van der Waals surface area contributed by atoms with Crippen LogP contribution in [0.1, 0.15) is 23.1 Å². The number of aliphatic hydroxyl groups excluding tert-OH is 1. The van der Waals surface area contributed by atoms with Gasteiger partial charge in [-0.25, -0.2) is 0 Å². The average Bonchev–Trinajstić information content (AvgIpc) is 3.42. The Morgan fingerprint density at radius 3 is 2.61 bits per heavy atom. The van der Waals surface area contributed by atoms with Gasteiger partial charge in [-0.2, -0.15) is 5.10 Å². The van der Waals surface area contributed by atoms with E-state index in [0.717, 1.165) is 65.8 Å². The monoisotopic (exact) mass is 410 g/mol. The van der Waals surface area contributed by atoms with Gasteiger partial charge < -0.3 is 5.11 Å². The van der Waals surface area contributed by atoms with Gasteiger partial charge in [0.05, 0.1) is 24.4 Å². The quantitative estimate of drug-likeness (QED) is 0.487. The van der Waals surface area contributed by atoms with E-state index in [-0.39, 0.29) is 6.10 Å². The lowest BCUT2D eigenvalue weighted by atomic mass is 9.95. The average molecular weight is 411 g/mol. The molecule has 2 aromatic heterocycles. The van der Waals surface area contributed by atoms with Crippen LogP contribution in [0, 0.1) is 0 Å². The van der Waals surface area contributed by atoms with E-state index in [1.807, 2.05) is 36.8 Å². The molecule has 0 aliphatic carbocycles. The zero-order valence-electron chi connectivity index (χ0n) is 17.4. The Hall–Kier alpha value is -3.28. The van der Waals surface area contributed by atoms with Crippen molar-refractivity contribution in [2.45, 2.75) is 19.1 Å². The second-order valence-electron chi connectivity index (χ2n) is 8.09. The van der Waals surface area contributed by atoms with Crippen LogP contribution in [0.4, 0.5) is 0 Å². The Morgan fingerprint density at radius 1 is 1.00 bits per heavy atom. The lowest BCUT2D eigenvalue weighted by Gasteiger charge is -2.15. The van der Waals surface area contributed by atoms with E-state index in [9.17, 15) is 5.11 Å². The van der Waals surface area contributed by atoms with Crippen LogP contribution in [0.5, 0.6) is 0 Å². The third-order valence-corrected chi connectivity index (χ3v) is 5.93. The molecule has 0 saturated carbocycles. The summed E-state index contributed by atoms with van der Waals surface area (Å²) in [6, 6.07) is 21.0. The van der Waals surface area contributed by atoms with Gasteiger partial charge >= 0.3 is 0 Å². The summed E-state index contributed by atoms with van der Waals surface area (Å²) in [5.41, 5.74) is 5.76. The number of β-amino-alcohol motifs (C(OH)–C–C–N with tert-alkyl or cyclic N) is 1. The Morgan fingerprint density at radius 2 is 1.84 bits per heavy atom. The number of hydrogen-bond acceptors (Lipinski definition) is 4. The smallest absolute Gasteiger partial charge is 0.0683 e. The molecule has 1 N–H and O–H groups in total. The molecule has 0 amide bonds. The van der Waals surface area contributed by atoms with Crippen LogP contribution >= 0.6 is 0 Å². The number of nitrogens with zero attached hydrogens (tertiary/aromatic N) is 4. The summed E-state index contributed by atoms with van der Waals surface area (Å²) in [5, 5.41) is 15.5. The first-order chi connectivity index (χ1) is 15.3. The molecule has 5 heteroatoms. The molecule has 1 atom stereocenters. The van der Waals surface area contributed by atoms with Gasteiger partial charge in [-0.3, -0.25) is 14.6 Å². The molecule has 0 bridgehead atoms. The molecule has 0 radical (unpaired) electrons. The Kier molecular flexibility index (Phi) is 5.61. The molecule has 1 fully saturated rings. The lowest BCUT2D eigenvalue weighted by Crippen LogP contribution is -2.26. The van der Waals surface area contributed by atoms with Crippen LogP contribution in [0.2, 0.25) is 0 Å². The molecule has 31 heavy (non-hydrogen) atoms. The number of pyridine rings is 1. The van der Waals surface area contributed by atoms with E-state index >= 15 is 0 Å². The van der Waals surface area contributed by atoms with Crippen molar-refractivity contribution < 1.29 is 5.11 Å². The number of benzene rings is 2. The zero-order chi connectivity index (χ0) is 21.0. The molecule has 5 rings (SSSR count). The van der Waals surface area contributed by atoms with Gasteiger partial charge in [-0.1, -0.05) is 36.4 Å². The summed E-state index contributed by atoms with van der Waals surface area (Å²) in [6.07, 6.45) is 8.53. The third kappa shape index (κ3) is 4.43. The van der Waals surface area contributed by atoms with Gasteiger partial charge in [0, 0.05) is 37.4 Å². The van der Waals surface area contributed by atoms with Crippen molar-refractivity contribution >= 4 is 22.6 Å². The number of aromatic nitrogens is 3. The van der Waals surface area contributed by atoms with E-state index in [2.05, 4.69) is 68.2 Å². The van der Waals surface area contributed by atoms with Gasteiger partial charge in [0.2, 0.25) is 0 Å². The number of hydrogen-bond donors (Lipinski definition) is 1. The van der Waals surface area contributed by atoms with E-state index < -0.39 is 0 Å². The fraction of sp³-hybridized carbons (Fsp3) is 0.231. The standard InChI is InChI=1S/C26H26N4O/c31-24-10-13-29(19-24)14-15-30-26-7-6-22(17-23(26)18-28-30)25(21-8-11-27-12-9-21)16-20-4-2-1-3-5-20/h1-9,11-12,16-18,24,31H,10,13-15,19H2. The van der Waals surface area contributed by atoms with E-state index in [4.69, 9.17) is 0 Å². The highest BCUT2D eigenvalue weighted by Gasteiger charge is 2.19. The van der Waals surface area contributed by atoms with Crippen molar-refractivity contribution in [3.8, 4) is 0 Å². The van der Waals surface area contributed by atoms with Crippen LogP contribution in [-0.2, 0) is 6.54 Å². The van der Waals surface area contributed by atoms with Gasteiger partial charge in [0.15, 0.2) is 0 Å². The Bertz CT molecular complexity index is 1180. The van der Waals surface area contributed by atoms with Crippen molar-refractivity contribution in [3.63, 3.8) is 0 Å². The van der Waals surface area contributed by atoms with Gasteiger partial charge in [0.25, 0.3) is 0 Å². The summed E-state index contributed by atoms with van der Waals surface area (Å²) in [5.74, 6) is 0. The maximum Gasteiger partial charge on any atom is 0.0683 e. The molecule has 3 heterocycles. The van der Waals surface area contributed by atoms with Gasteiger partial charge in [-0.05, 0) is 59.0 Å². The van der Waals surface area contributed by atoms with Gasteiger partial charge in [-0.15, -0.1) is 0 Å². The van der Waals surface area contributed by atoms with Crippen LogP contribution in [0.15, 0.2) is 79.3 Å². The first kappa shape index (κ1) is 19.7. The number of likely N-dealkylation sites (tertiary alicyclic amines) is 1. The second-order valence-corrected chi connectivity index (χ2v) is 8.09. The molecule has 4 aromatic rings. The highest BCUT2D eigenvalue weighted by atomic mass is 16.3. The minimum atomic E-state index is -0.181. The molecule has 2 aromatic carbocycles. The first-order valence-electron chi connectivity index (χ1n) is 10.8. The van der Waals surface area contributed by atoms with Crippen LogP contribution in [-0.4, -0.2) is 50.5 Å². The van der Waals surface area contributed by atoms with E-state index in [0.29, 0.717) is 0 Å². The largest absolute Gasteiger partial charge is 0.392 e. The van der Waals surface area contributed by atoms with Crippen LogP contribution < -0.4 is 0 Å². The maximum atomic E-state index is 9.74. The minimum absolute atomic E-state index is 0.181. The molecule has 0 spiro atoms. The molecule has 1 saturated heterocycles. The highest BCUT2D eigenvalue weighted by molar-refractivity contribution is 5.94. The normalized spacial score (nSPS) is 17.5. The Balaban J connectivity index is 1.45. The molecule has 1 aliphatic rings. The van der Waals surface area contributed by atoms with Crippen molar-refractivity contribution in [1.29, 1.82) is 0 Å². The Labute approximate surface area is 182 Å². The number of aliphatic hydroxyl groups is 1. The van der Waals surface area contributed by atoms with E-state index in [1.165, 1.54) is 0 Å². The van der Waals surface area contributed by atoms with E-state index in [1.54, 1.807) is 0 Å². The molecule has 156 valence electrons. The number of fused-ring (bicyclic) bond motifs is 1. The number of rotatable bonds is 6. The summed E-state index contributed by atoms with van der Waals surface area (Å²) >= 11 is 0. The van der Waals surface area contributed by atoms with Crippen molar-refractivity contribution in [2.24, 2.45) is 0 Å². The predicted molar refractivity (Wildman–Crippen MR) is 124 cm³/mol. The second kappa shape index (κ2) is 8.84. The lowest BCUT2D eigenvalue weighted by molar-refractivity contribution is 0.175. The maximum absolute atomic E-state index is 9.74. The third-order valence-electron chi connectivity index (χ3n) is 5.93. The molecule has 5 nitrogen and oxygen atoms in total. The highest BCUT2D eigenvalue weighted by Crippen LogP contribution is 2.28.